The third kappa shape index (κ3) is 3.89. The van der Waals surface area contributed by atoms with Crippen LogP contribution >= 0.6 is 11.6 Å². The number of benzene rings is 2. The second-order valence-corrected chi connectivity index (χ2v) is 7.84. The Kier molecular flexibility index (Phi) is 5.60. The van der Waals surface area contributed by atoms with Gasteiger partial charge in [0.05, 0.1) is 22.4 Å². The van der Waals surface area contributed by atoms with E-state index in [1.165, 1.54) is 22.3 Å². The summed E-state index contributed by atoms with van der Waals surface area (Å²) in [5.74, 6) is 0. The maximum absolute atomic E-state index is 6.42. The van der Waals surface area contributed by atoms with E-state index in [4.69, 9.17) is 17.3 Å². The van der Waals surface area contributed by atoms with Crippen molar-refractivity contribution in [3.63, 3.8) is 0 Å². The second kappa shape index (κ2) is 8.29. The minimum atomic E-state index is 0.154. The average molecular weight is 395 g/mol. The molecule has 28 heavy (non-hydrogen) atoms. The van der Waals surface area contributed by atoms with Gasteiger partial charge in [-0.15, -0.1) is 0 Å². The van der Waals surface area contributed by atoms with Gasteiger partial charge < -0.3 is 21.7 Å². The van der Waals surface area contributed by atoms with E-state index >= 15 is 0 Å². The Labute approximate surface area is 171 Å². The predicted molar refractivity (Wildman–Crippen MR) is 119 cm³/mol. The van der Waals surface area contributed by atoms with Crippen LogP contribution in [0.25, 0.3) is 11.3 Å². The van der Waals surface area contributed by atoms with Crippen molar-refractivity contribution in [3.8, 4) is 0 Å². The molecule has 0 spiro atoms. The van der Waals surface area contributed by atoms with Gasteiger partial charge in [-0.1, -0.05) is 41.9 Å². The first kappa shape index (κ1) is 18.9. The van der Waals surface area contributed by atoms with E-state index in [0.29, 0.717) is 0 Å². The van der Waals surface area contributed by atoms with E-state index in [2.05, 4.69) is 40.2 Å². The zero-order chi connectivity index (χ0) is 19.5. The summed E-state index contributed by atoms with van der Waals surface area (Å²) in [4.78, 5) is 0. The summed E-state index contributed by atoms with van der Waals surface area (Å²) < 4.78 is 0. The molecule has 0 saturated carbocycles. The molecule has 1 unspecified atom stereocenters. The lowest BCUT2D eigenvalue weighted by Gasteiger charge is -2.23. The fourth-order valence-corrected chi connectivity index (χ4v) is 4.21. The number of rotatable bonds is 3. The quantitative estimate of drug-likeness (QED) is 0.618. The van der Waals surface area contributed by atoms with Gasteiger partial charge in [0.1, 0.15) is 0 Å². The first-order chi connectivity index (χ1) is 13.6. The Balaban J connectivity index is 1.78. The van der Waals surface area contributed by atoms with Gasteiger partial charge >= 0.3 is 0 Å². The second-order valence-electron chi connectivity index (χ2n) is 7.44. The molecule has 4 nitrogen and oxygen atoms in total. The van der Waals surface area contributed by atoms with Gasteiger partial charge in [-0.25, -0.2) is 0 Å². The van der Waals surface area contributed by atoms with E-state index in [-0.39, 0.29) is 6.04 Å². The van der Waals surface area contributed by atoms with Crippen molar-refractivity contribution < 1.29 is 0 Å². The molecule has 5 N–H and O–H groups in total. The van der Waals surface area contributed by atoms with Crippen LogP contribution in [-0.4, -0.2) is 19.6 Å². The molecular formula is C23H27ClN4. The molecule has 0 amide bonds. The molecule has 2 aromatic rings. The summed E-state index contributed by atoms with van der Waals surface area (Å²) in [5.41, 5.74) is 14.2. The molecule has 2 aliphatic heterocycles. The zero-order valence-corrected chi connectivity index (χ0v) is 16.9. The van der Waals surface area contributed by atoms with Gasteiger partial charge in [0.15, 0.2) is 0 Å². The minimum absolute atomic E-state index is 0.154. The van der Waals surface area contributed by atoms with E-state index in [1.807, 2.05) is 31.2 Å². The lowest BCUT2D eigenvalue weighted by Crippen LogP contribution is -2.20. The van der Waals surface area contributed by atoms with Crippen LogP contribution in [0.5, 0.6) is 0 Å². The smallest absolute Gasteiger partial charge is 0.0637 e. The van der Waals surface area contributed by atoms with E-state index in [0.717, 1.165) is 54.6 Å². The molecule has 0 aliphatic carbocycles. The Hall–Kier alpha value is -2.43. The Morgan fingerprint density at radius 2 is 2.04 bits per heavy atom. The van der Waals surface area contributed by atoms with Gasteiger partial charge in [-0.05, 0) is 61.2 Å². The molecule has 2 aromatic carbocycles. The summed E-state index contributed by atoms with van der Waals surface area (Å²) >= 11 is 6.42. The van der Waals surface area contributed by atoms with Crippen molar-refractivity contribution in [2.45, 2.75) is 25.8 Å². The molecule has 0 bridgehead atoms. The number of hydrogen-bond acceptors (Lipinski definition) is 4. The summed E-state index contributed by atoms with van der Waals surface area (Å²) in [7, 11) is 0. The summed E-state index contributed by atoms with van der Waals surface area (Å²) in [6.45, 7) is 4.76. The lowest BCUT2D eigenvalue weighted by atomic mass is 9.91. The van der Waals surface area contributed by atoms with Crippen LogP contribution in [-0.2, 0) is 0 Å². The van der Waals surface area contributed by atoms with Crippen LogP contribution in [0.3, 0.4) is 0 Å². The summed E-state index contributed by atoms with van der Waals surface area (Å²) in [5, 5.41) is 11.3. The maximum Gasteiger partial charge on any atom is 0.0637 e. The van der Waals surface area contributed by atoms with E-state index in [9.17, 15) is 0 Å². The molecule has 0 aromatic heterocycles. The first-order valence-corrected chi connectivity index (χ1v) is 10.3. The minimum Gasteiger partial charge on any atom is -0.401 e. The number of nitrogens with two attached hydrogens (primary N) is 1. The van der Waals surface area contributed by atoms with Crippen LogP contribution in [0.4, 0.5) is 5.69 Å². The molecule has 2 aliphatic rings. The number of fused-ring (bicyclic) bond motifs is 1. The normalized spacial score (nSPS) is 21.1. The molecule has 2 heterocycles. The Morgan fingerprint density at radius 3 is 2.79 bits per heavy atom. The van der Waals surface area contributed by atoms with Crippen molar-refractivity contribution in [1.29, 1.82) is 0 Å². The first-order valence-electron chi connectivity index (χ1n) is 9.89. The topological polar surface area (TPSA) is 62.1 Å². The van der Waals surface area contributed by atoms with Crippen molar-refractivity contribution >= 4 is 28.6 Å². The highest BCUT2D eigenvalue weighted by atomic mass is 35.5. The molecule has 0 radical (unpaired) electrons. The van der Waals surface area contributed by atoms with Crippen LogP contribution in [0.2, 0.25) is 5.02 Å². The monoisotopic (exact) mass is 394 g/mol. The molecule has 146 valence electrons. The Morgan fingerprint density at radius 1 is 1.18 bits per heavy atom. The highest BCUT2D eigenvalue weighted by Gasteiger charge is 2.23. The van der Waals surface area contributed by atoms with E-state index < -0.39 is 0 Å². The highest BCUT2D eigenvalue weighted by molar-refractivity contribution is 6.33. The van der Waals surface area contributed by atoms with Crippen LogP contribution < -0.4 is 21.7 Å². The predicted octanol–water partition coefficient (Wildman–Crippen LogP) is 4.51. The zero-order valence-electron chi connectivity index (χ0n) is 16.2. The van der Waals surface area contributed by atoms with Gasteiger partial charge in [-0.3, -0.25) is 0 Å². The number of nitrogens with one attached hydrogen (secondary N) is 3. The largest absolute Gasteiger partial charge is 0.401 e. The van der Waals surface area contributed by atoms with Gasteiger partial charge in [0, 0.05) is 24.4 Å². The van der Waals surface area contributed by atoms with Crippen LogP contribution in [0.1, 0.15) is 42.5 Å². The molecule has 5 heteroatoms. The third-order valence-electron chi connectivity index (χ3n) is 5.46. The summed E-state index contributed by atoms with van der Waals surface area (Å²) in [6, 6.07) is 14.8. The van der Waals surface area contributed by atoms with Crippen molar-refractivity contribution in [1.82, 2.24) is 10.6 Å². The number of halogens is 1. The maximum atomic E-state index is 6.42. The van der Waals surface area contributed by atoms with Crippen molar-refractivity contribution in [3.05, 3.63) is 76.0 Å². The molecule has 0 fully saturated rings. The molecule has 4 rings (SSSR count). The van der Waals surface area contributed by atoms with Crippen LogP contribution in [0, 0.1) is 0 Å². The standard InChI is InChI=1S/C23H27ClN4/c1-15(25)23-18-7-6-17(16-8-11-26-12-9-16)14-19(18)21(10-13-27-23)28-22-5-3-2-4-20(22)24/h2-8,14,21,26-28H,9-13,25H2,1H3/b23-15-. The van der Waals surface area contributed by atoms with Gasteiger partial charge in [0.25, 0.3) is 0 Å². The van der Waals surface area contributed by atoms with E-state index in [1.54, 1.807) is 0 Å². The number of hydrogen-bond donors (Lipinski definition) is 4. The third-order valence-corrected chi connectivity index (χ3v) is 5.79. The van der Waals surface area contributed by atoms with Crippen molar-refractivity contribution in [2.24, 2.45) is 5.73 Å². The lowest BCUT2D eigenvalue weighted by molar-refractivity contribution is 0.682. The molecular weight excluding hydrogens is 368 g/mol. The average Bonchev–Trinajstić information content (AvgIpc) is 2.89. The molecule has 1 atom stereocenters. The molecule has 0 saturated heterocycles. The number of anilines is 1. The highest BCUT2D eigenvalue weighted by Crippen LogP contribution is 2.36. The Bertz CT molecular complexity index is 928. The number of para-hydroxylation sites is 1. The summed E-state index contributed by atoms with van der Waals surface area (Å²) in [6.07, 6.45) is 4.29. The SMILES string of the molecule is C/C(N)=C1/NCCC(Nc2ccccc2Cl)c2cc(C3=CCNCC3)ccc21. The van der Waals surface area contributed by atoms with Gasteiger partial charge in [0.2, 0.25) is 0 Å². The van der Waals surface area contributed by atoms with Gasteiger partial charge in [-0.2, -0.15) is 0 Å². The van der Waals surface area contributed by atoms with Crippen molar-refractivity contribution in [2.75, 3.05) is 25.0 Å². The number of allylic oxidation sites excluding steroid dienone is 1. The van der Waals surface area contributed by atoms with Crippen LogP contribution in [0.15, 0.2) is 54.2 Å². The fraction of sp³-hybridized carbons (Fsp3) is 0.304. The fourth-order valence-electron chi connectivity index (χ4n) is 4.02.